The highest BCUT2D eigenvalue weighted by Gasteiger charge is 2.32. The third-order valence-electron chi connectivity index (χ3n) is 6.36. The van der Waals surface area contributed by atoms with E-state index in [1.165, 1.54) is 35.2 Å². The molecule has 214 valence electrons. The number of hydrogen-bond donors (Lipinski definition) is 1. The van der Waals surface area contributed by atoms with E-state index in [1.54, 1.807) is 19.1 Å². The molecule has 3 rings (SSSR count). The van der Waals surface area contributed by atoms with Gasteiger partial charge in [-0.1, -0.05) is 85.1 Å². The first-order valence-electron chi connectivity index (χ1n) is 13.0. The number of sulfonamides is 1. The number of hydrogen-bond acceptors (Lipinski definition) is 4. The molecule has 0 aliphatic rings. The van der Waals surface area contributed by atoms with Gasteiger partial charge in [0.2, 0.25) is 11.8 Å². The number of nitrogens with one attached hydrogen (secondary N) is 1. The predicted molar refractivity (Wildman–Crippen MR) is 161 cm³/mol. The van der Waals surface area contributed by atoms with Crippen LogP contribution in [0.4, 0.5) is 5.69 Å². The number of carbonyl (C=O) groups is 2. The number of aryl methyl sites for hydroxylation is 1. The summed E-state index contributed by atoms with van der Waals surface area (Å²) in [5.74, 6) is -0.615. The summed E-state index contributed by atoms with van der Waals surface area (Å²) < 4.78 is 28.7. The van der Waals surface area contributed by atoms with Gasteiger partial charge >= 0.3 is 0 Å². The Kier molecular flexibility index (Phi) is 11.0. The largest absolute Gasteiger partial charge is 0.354 e. The molecule has 40 heavy (non-hydrogen) atoms. The highest BCUT2D eigenvalue weighted by atomic mass is 35.5. The molecule has 0 heterocycles. The fraction of sp³-hybridized carbons (Fsp3) is 0.333. The minimum absolute atomic E-state index is 0.0144. The Hall–Kier alpha value is -3.07. The fourth-order valence-corrected chi connectivity index (χ4v) is 5.98. The van der Waals surface area contributed by atoms with Gasteiger partial charge in [0.1, 0.15) is 12.6 Å². The molecule has 0 unspecified atom stereocenters. The number of benzene rings is 3. The monoisotopic (exact) mass is 603 g/mol. The van der Waals surface area contributed by atoms with E-state index in [-0.39, 0.29) is 39.0 Å². The van der Waals surface area contributed by atoms with Crippen molar-refractivity contribution in [1.82, 2.24) is 10.2 Å². The van der Waals surface area contributed by atoms with Crippen LogP contribution in [-0.2, 0) is 26.0 Å². The molecule has 3 aromatic carbocycles. The Morgan fingerprint density at radius 1 is 0.900 bits per heavy atom. The first kappa shape index (κ1) is 31.5. The summed E-state index contributed by atoms with van der Waals surface area (Å²) in [5.41, 5.74) is 2.02. The van der Waals surface area contributed by atoms with E-state index >= 15 is 0 Å². The SMILES string of the molecule is Cc1ccc(S(=O)(=O)N(CC(=O)N(CCc2ccccc2)[C@H](C)C(=O)NCC(C)C)c2cc(Cl)cc(Cl)c2)cc1. The normalized spacial score (nSPS) is 12.2. The van der Waals surface area contributed by atoms with E-state index in [1.807, 2.05) is 51.1 Å². The number of nitrogens with zero attached hydrogens (tertiary/aromatic N) is 2. The van der Waals surface area contributed by atoms with Gasteiger partial charge in [0.05, 0.1) is 10.6 Å². The van der Waals surface area contributed by atoms with Crippen LogP contribution in [0.25, 0.3) is 0 Å². The number of rotatable bonds is 12. The van der Waals surface area contributed by atoms with Crippen molar-refractivity contribution in [3.05, 3.63) is 94.0 Å². The highest BCUT2D eigenvalue weighted by molar-refractivity contribution is 7.92. The van der Waals surface area contributed by atoms with Gasteiger partial charge in [-0.2, -0.15) is 0 Å². The van der Waals surface area contributed by atoms with Crippen LogP contribution >= 0.6 is 23.2 Å². The van der Waals surface area contributed by atoms with Crippen molar-refractivity contribution in [2.45, 2.75) is 45.1 Å². The van der Waals surface area contributed by atoms with Gasteiger partial charge in [0.15, 0.2) is 0 Å². The Morgan fingerprint density at radius 3 is 2.08 bits per heavy atom. The van der Waals surface area contributed by atoms with Crippen LogP contribution in [0, 0.1) is 12.8 Å². The second-order valence-electron chi connectivity index (χ2n) is 10.1. The van der Waals surface area contributed by atoms with Gasteiger partial charge in [-0.25, -0.2) is 8.42 Å². The summed E-state index contributed by atoms with van der Waals surface area (Å²) in [4.78, 5) is 28.4. The summed E-state index contributed by atoms with van der Waals surface area (Å²) in [6.07, 6.45) is 0.488. The minimum Gasteiger partial charge on any atom is -0.354 e. The van der Waals surface area contributed by atoms with Gasteiger partial charge in [-0.05, 0) is 62.1 Å². The van der Waals surface area contributed by atoms with E-state index in [2.05, 4.69) is 5.32 Å². The molecule has 10 heteroatoms. The number of anilines is 1. The van der Waals surface area contributed by atoms with E-state index in [4.69, 9.17) is 23.2 Å². The Labute approximate surface area is 247 Å². The van der Waals surface area contributed by atoms with Gasteiger partial charge in [0, 0.05) is 23.1 Å². The smallest absolute Gasteiger partial charge is 0.264 e. The minimum atomic E-state index is -4.20. The van der Waals surface area contributed by atoms with Gasteiger partial charge in [-0.3, -0.25) is 13.9 Å². The molecule has 1 atom stereocenters. The van der Waals surface area contributed by atoms with Crippen molar-refractivity contribution in [2.75, 3.05) is 23.9 Å². The average molecular weight is 605 g/mol. The third-order valence-corrected chi connectivity index (χ3v) is 8.58. The lowest BCUT2D eigenvalue weighted by Crippen LogP contribution is -2.52. The van der Waals surface area contributed by atoms with Crippen LogP contribution < -0.4 is 9.62 Å². The lowest BCUT2D eigenvalue weighted by molar-refractivity contribution is -0.138. The lowest BCUT2D eigenvalue weighted by Gasteiger charge is -2.32. The van der Waals surface area contributed by atoms with Crippen molar-refractivity contribution in [1.29, 1.82) is 0 Å². The molecule has 0 saturated heterocycles. The molecule has 0 aliphatic carbocycles. The van der Waals surface area contributed by atoms with Crippen molar-refractivity contribution in [2.24, 2.45) is 5.92 Å². The van der Waals surface area contributed by atoms with Crippen LogP contribution in [0.3, 0.4) is 0 Å². The molecule has 7 nitrogen and oxygen atoms in total. The van der Waals surface area contributed by atoms with Crippen molar-refractivity contribution in [3.63, 3.8) is 0 Å². The molecular formula is C30H35Cl2N3O4S. The molecule has 0 aromatic heterocycles. The number of carbonyl (C=O) groups excluding carboxylic acids is 2. The highest BCUT2D eigenvalue weighted by Crippen LogP contribution is 2.30. The topological polar surface area (TPSA) is 86.8 Å². The second-order valence-corrected chi connectivity index (χ2v) is 12.8. The van der Waals surface area contributed by atoms with E-state index in [9.17, 15) is 18.0 Å². The van der Waals surface area contributed by atoms with Crippen LogP contribution in [0.1, 0.15) is 31.9 Å². The molecule has 0 bridgehead atoms. The number of amides is 2. The number of halogens is 2. The van der Waals surface area contributed by atoms with Crippen LogP contribution in [0.15, 0.2) is 77.7 Å². The molecule has 0 radical (unpaired) electrons. The van der Waals surface area contributed by atoms with E-state index in [0.29, 0.717) is 13.0 Å². The second kappa shape index (κ2) is 14.0. The summed E-state index contributed by atoms with van der Waals surface area (Å²) in [5, 5.41) is 3.32. The van der Waals surface area contributed by atoms with Crippen LogP contribution in [-0.4, -0.2) is 50.8 Å². The molecule has 2 amide bonds. The summed E-state index contributed by atoms with van der Waals surface area (Å²) in [6, 6.07) is 19.5. The molecule has 0 aliphatic heterocycles. The molecule has 1 N–H and O–H groups in total. The zero-order valence-corrected chi connectivity index (χ0v) is 25.4. The zero-order chi connectivity index (χ0) is 29.4. The first-order valence-corrected chi connectivity index (χ1v) is 15.2. The van der Waals surface area contributed by atoms with E-state index < -0.39 is 28.5 Å². The summed E-state index contributed by atoms with van der Waals surface area (Å²) >= 11 is 12.5. The van der Waals surface area contributed by atoms with Crippen molar-refractivity contribution >= 4 is 50.7 Å². The molecule has 3 aromatic rings. The summed E-state index contributed by atoms with van der Waals surface area (Å²) in [7, 11) is -4.20. The maximum absolute atomic E-state index is 13.9. The quantitative estimate of drug-likeness (QED) is 0.286. The fourth-order valence-electron chi connectivity index (χ4n) is 4.07. The Bertz CT molecular complexity index is 1390. The molecular weight excluding hydrogens is 569 g/mol. The summed E-state index contributed by atoms with van der Waals surface area (Å²) in [6.45, 7) is 7.58. The maximum atomic E-state index is 13.9. The van der Waals surface area contributed by atoms with Gasteiger partial charge in [-0.15, -0.1) is 0 Å². The van der Waals surface area contributed by atoms with Gasteiger partial charge < -0.3 is 10.2 Å². The van der Waals surface area contributed by atoms with Gasteiger partial charge in [0.25, 0.3) is 10.0 Å². The lowest BCUT2D eigenvalue weighted by atomic mass is 10.1. The predicted octanol–water partition coefficient (Wildman–Crippen LogP) is 5.73. The van der Waals surface area contributed by atoms with Crippen LogP contribution in [0.2, 0.25) is 10.0 Å². The van der Waals surface area contributed by atoms with Crippen LogP contribution in [0.5, 0.6) is 0 Å². The molecule has 0 spiro atoms. The maximum Gasteiger partial charge on any atom is 0.264 e. The molecule has 0 fully saturated rings. The first-order chi connectivity index (χ1) is 18.9. The Balaban J connectivity index is 1.99. The zero-order valence-electron chi connectivity index (χ0n) is 23.1. The van der Waals surface area contributed by atoms with Crippen molar-refractivity contribution in [3.8, 4) is 0 Å². The van der Waals surface area contributed by atoms with E-state index in [0.717, 1.165) is 15.4 Å². The Morgan fingerprint density at radius 2 is 1.50 bits per heavy atom. The molecule has 0 saturated carbocycles. The average Bonchev–Trinajstić information content (AvgIpc) is 2.90. The standard InChI is InChI=1S/C30H35Cl2N3O4S/c1-21(2)19-33-30(37)23(4)34(15-14-24-8-6-5-7-9-24)29(36)20-35(27-17-25(31)16-26(32)18-27)40(38,39)28-12-10-22(3)11-13-28/h5-13,16-18,21,23H,14-15,19-20H2,1-4H3,(H,33,37)/t23-/m1/s1. The third kappa shape index (κ3) is 8.46. The van der Waals surface area contributed by atoms with Crippen molar-refractivity contribution < 1.29 is 18.0 Å².